The second-order valence-corrected chi connectivity index (χ2v) is 6.18. The molecule has 0 saturated heterocycles. The van der Waals surface area contributed by atoms with Crippen LogP contribution < -0.4 is 10.1 Å². The molecule has 0 aliphatic rings. The van der Waals surface area contributed by atoms with E-state index in [0.29, 0.717) is 23.5 Å². The highest BCUT2D eigenvalue weighted by Gasteiger charge is 2.14. The molecule has 0 aliphatic heterocycles. The summed E-state index contributed by atoms with van der Waals surface area (Å²) in [4.78, 5) is 16.5. The average molecular weight is 376 g/mol. The first-order valence-corrected chi connectivity index (χ1v) is 8.21. The summed E-state index contributed by atoms with van der Waals surface area (Å²) < 4.78 is 7.04. The van der Waals surface area contributed by atoms with Crippen molar-refractivity contribution in [1.29, 1.82) is 0 Å². The Morgan fingerprint density at radius 3 is 2.64 bits per heavy atom. The van der Waals surface area contributed by atoms with Crippen molar-refractivity contribution in [1.82, 2.24) is 9.55 Å². The van der Waals surface area contributed by atoms with Crippen molar-refractivity contribution in [2.45, 2.75) is 6.54 Å². The summed E-state index contributed by atoms with van der Waals surface area (Å²) in [6.45, 7) is 0.671. The number of ether oxygens (including phenoxy) is 1. The van der Waals surface area contributed by atoms with E-state index < -0.39 is 0 Å². The Balaban J connectivity index is 1.77. The molecule has 1 aromatic heterocycles. The van der Waals surface area contributed by atoms with Crippen LogP contribution in [0.3, 0.4) is 0 Å². The summed E-state index contributed by atoms with van der Waals surface area (Å²) in [5.41, 5.74) is 2.09. The molecule has 7 heteroatoms. The highest BCUT2D eigenvalue weighted by Crippen LogP contribution is 2.34. The molecule has 5 nitrogen and oxygen atoms in total. The minimum absolute atomic E-state index is 0.286. The molecular weight excluding hydrogens is 361 g/mol. The Morgan fingerprint density at radius 1 is 1.24 bits per heavy atom. The molecule has 1 N–H and O–H groups in total. The number of hydrogen-bond acceptors (Lipinski definition) is 3. The van der Waals surface area contributed by atoms with Crippen LogP contribution in [0, 0.1) is 0 Å². The standard InChI is InChI=1S/C18H15Cl2N3O2/c1-25-17-15(19)8-13(9-16(17)20)18(24)22-14-4-2-3-12(7-14)10-23-6-5-21-11-23/h2-9,11H,10H2,1H3,(H,22,24). The van der Waals surface area contributed by atoms with Crippen LogP contribution in [0.5, 0.6) is 5.75 Å². The number of nitrogens with one attached hydrogen (secondary N) is 1. The van der Waals surface area contributed by atoms with Gasteiger partial charge in [0.15, 0.2) is 5.75 Å². The summed E-state index contributed by atoms with van der Waals surface area (Å²) in [6, 6.07) is 10.6. The molecule has 1 amide bonds. The van der Waals surface area contributed by atoms with Crippen LogP contribution in [0.25, 0.3) is 0 Å². The average Bonchev–Trinajstić information content (AvgIpc) is 3.08. The van der Waals surface area contributed by atoms with E-state index in [-0.39, 0.29) is 16.0 Å². The van der Waals surface area contributed by atoms with Crippen molar-refractivity contribution in [2.75, 3.05) is 12.4 Å². The molecule has 0 aliphatic carbocycles. The molecule has 2 aromatic carbocycles. The van der Waals surface area contributed by atoms with E-state index in [1.54, 1.807) is 12.5 Å². The van der Waals surface area contributed by atoms with Gasteiger partial charge in [0.2, 0.25) is 0 Å². The number of hydrogen-bond donors (Lipinski definition) is 1. The topological polar surface area (TPSA) is 56.1 Å². The second kappa shape index (κ2) is 7.59. The first kappa shape index (κ1) is 17.3. The van der Waals surface area contributed by atoms with Crippen LogP contribution in [0.15, 0.2) is 55.1 Å². The SMILES string of the molecule is COc1c(Cl)cc(C(=O)Nc2cccc(Cn3ccnc3)c2)cc1Cl. The van der Waals surface area contributed by atoms with E-state index in [9.17, 15) is 4.79 Å². The van der Waals surface area contributed by atoms with Gasteiger partial charge in [0.05, 0.1) is 23.5 Å². The van der Waals surface area contributed by atoms with Crippen molar-refractivity contribution >= 4 is 34.8 Å². The lowest BCUT2D eigenvalue weighted by Crippen LogP contribution is -2.12. The Kier molecular flexibility index (Phi) is 5.26. The van der Waals surface area contributed by atoms with E-state index in [1.807, 2.05) is 35.0 Å². The molecule has 0 spiro atoms. The molecule has 0 atom stereocenters. The maximum atomic E-state index is 12.5. The maximum Gasteiger partial charge on any atom is 0.255 e. The summed E-state index contributed by atoms with van der Waals surface area (Å²) in [7, 11) is 1.47. The highest BCUT2D eigenvalue weighted by molar-refractivity contribution is 6.37. The summed E-state index contributed by atoms with van der Waals surface area (Å²) in [5.74, 6) is 0.0495. The Hall–Kier alpha value is -2.50. The van der Waals surface area contributed by atoms with Gasteiger partial charge in [0, 0.05) is 30.2 Å². The molecule has 0 bridgehead atoms. The van der Waals surface area contributed by atoms with Gasteiger partial charge in [-0.3, -0.25) is 4.79 Å². The van der Waals surface area contributed by atoms with Crippen molar-refractivity contribution < 1.29 is 9.53 Å². The number of anilines is 1. The fourth-order valence-electron chi connectivity index (χ4n) is 2.43. The molecule has 3 aromatic rings. The molecule has 0 fully saturated rings. The Morgan fingerprint density at radius 2 is 2.00 bits per heavy atom. The number of halogens is 2. The van der Waals surface area contributed by atoms with Crippen LogP contribution in [0.4, 0.5) is 5.69 Å². The second-order valence-electron chi connectivity index (χ2n) is 5.36. The third kappa shape index (κ3) is 4.13. The van der Waals surface area contributed by atoms with Crippen molar-refractivity contribution in [3.05, 3.63) is 76.3 Å². The zero-order valence-corrected chi connectivity index (χ0v) is 14.9. The number of benzene rings is 2. The van der Waals surface area contributed by atoms with Gasteiger partial charge in [-0.05, 0) is 29.8 Å². The third-order valence-electron chi connectivity index (χ3n) is 3.57. The van der Waals surface area contributed by atoms with Crippen molar-refractivity contribution in [2.24, 2.45) is 0 Å². The normalized spacial score (nSPS) is 10.5. The van der Waals surface area contributed by atoms with E-state index in [2.05, 4.69) is 10.3 Å². The van der Waals surface area contributed by atoms with Crippen molar-refractivity contribution in [3.63, 3.8) is 0 Å². The maximum absolute atomic E-state index is 12.5. The van der Waals surface area contributed by atoms with Gasteiger partial charge in [-0.15, -0.1) is 0 Å². The number of rotatable bonds is 5. The highest BCUT2D eigenvalue weighted by atomic mass is 35.5. The monoisotopic (exact) mass is 375 g/mol. The Labute approximate surface area is 155 Å². The van der Waals surface area contributed by atoms with Crippen LogP contribution in [-0.2, 0) is 6.54 Å². The predicted molar refractivity (Wildman–Crippen MR) is 98.7 cm³/mol. The van der Waals surface area contributed by atoms with E-state index in [4.69, 9.17) is 27.9 Å². The van der Waals surface area contributed by atoms with Crippen LogP contribution >= 0.6 is 23.2 Å². The van der Waals surface area contributed by atoms with Gasteiger partial charge in [0.1, 0.15) is 0 Å². The van der Waals surface area contributed by atoms with Gasteiger partial charge >= 0.3 is 0 Å². The first-order chi connectivity index (χ1) is 12.1. The summed E-state index contributed by atoms with van der Waals surface area (Å²) in [6.07, 6.45) is 5.35. The fourth-order valence-corrected chi connectivity index (χ4v) is 3.07. The molecular formula is C18H15Cl2N3O2. The van der Waals surface area contributed by atoms with E-state index in [0.717, 1.165) is 5.56 Å². The summed E-state index contributed by atoms with van der Waals surface area (Å²) >= 11 is 12.2. The third-order valence-corrected chi connectivity index (χ3v) is 4.14. The molecule has 0 saturated carbocycles. The van der Waals surface area contributed by atoms with Gasteiger partial charge in [0.25, 0.3) is 5.91 Å². The largest absolute Gasteiger partial charge is 0.494 e. The van der Waals surface area contributed by atoms with Crippen LogP contribution in [0.1, 0.15) is 15.9 Å². The van der Waals surface area contributed by atoms with Gasteiger partial charge in [-0.25, -0.2) is 4.98 Å². The first-order valence-electron chi connectivity index (χ1n) is 7.46. The predicted octanol–water partition coefficient (Wildman–Crippen LogP) is 4.50. The lowest BCUT2D eigenvalue weighted by atomic mass is 10.1. The van der Waals surface area contributed by atoms with Crippen LogP contribution in [0.2, 0.25) is 10.0 Å². The lowest BCUT2D eigenvalue weighted by molar-refractivity contribution is 0.102. The molecule has 3 rings (SSSR count). The van der Waals surface area contributed by atoms with E-state index in [1.165, 1.54) is 19.2 Å². The number of amides is 1. The number of carbonyl (C=O) groups is 1. The smallest absolute Gasteiger partial charge is 0.255 e. The fraction of sp³-hybridized carbons (Fsp3) is 0.111. The van der Waals surface area contributed by atoms with Crippen molar-refractivity contribution in [3.8, 4) is 5.75 Å². The van der Waals surface area contributed by atoms with Crippen LogP contribution in [-0.4, -0.2) is 22.6 Å². The van der Waals surface area contributed by atoms with Gasteiger partial charge < -0.3 is 14.6 Å². The minimum Gasteiger partial charge on any atom is -0.494 e. The quantitative estimate of drug-likeness (QED) is 0.714. The van der Waals surface area contributed by atoms with Gasteiger partial charge in [-0.2, -0.15) is 0 Å². The Bertz CT molecular complexity index is 872. The summed E-state index contributed by atoms with van der Waals surface area (Å²) in [5, 5.41) is 3.42. The zero-order chi connectivity index (χ0) is 17.8. The molecule has 0 radical (unpaired) electrons. The molecule has 0 unspecified atom stereocenters. The van der Waals surface area contributed by atoms with Gasteiger partial charge in [-0.1, -0.05) is 35.3 Å². The zero-order valence-electron chi connectivity index (χ0n) is 13.4. The number of nitrogens with zero attached hydrogens (tertiary/aromatic N) is 2. The number of carbonyl (C=O) groups excluding carboxylic acids is 1. The molecule has 25 heavy (non-hydrogen) atoms. The van der Waals surface area contributed by atoms with E-state index >= 15 is 0 Å². The number of methoxy groups -OCH3 is 1. The number of imidazole rings is 1. The minimum atomic E-state index is -0.300. The number of aromatic nitrogens is 2. The molecule has 128 valence electrons. The lowest BCUT2D eigenvalue weighted by Gasteiger charge is -2.10. The molecule has 1 heterocycles.